The summed E-state index contributed by atoms with van der Waals surface area (Å²) in [6, 6.07) is 19.8. The van der Waals surface area contributed by atoms with E-state index in [1.807, 2.05) is 13.0 Å². The molecule has 4 rings (SSSR count). The molecule has 0 aromatic heterocycles. The molecule has 0 aliphatic heterocycles. The lowest BCUT2D eigenvalue weighted by atomic mass is 10.1. The average molecular weight is 619 g/mol. The number of hydrogen-bond donors (Lipinski definition) is 3. The van der Waals surface area contributed by atoms with Crippen molar-refractivity contribution in [3.05, 3.63) is 111 Å². The maximum absolute atomic E-state index is 13.2. The van der Waals surface area contributed by atoms with Crippen molar-refractivity contribution in [2.45, 2.75) is 30.6 Å². The highest BCUT2D eigenvalue weighted by Crippen LogP contribution is 2.31. The molecule has 0 fully saturated rings. The third-order valence-electron chi connectivity index (χ3n) is 5.98. The minimum atomic E-state index is -3.99. The molecule has 4 aromatic rings. The number of carbonyl (C=O) groups excluding carboxylic acids is 1. The Bertz CT molecular complexity index is 1830. The van der Waals surface area contributed by atoms with Crippen LogP contribution < -0.4 is 14.8 Å². The van der Waals surface area contributed by atoms with Gasteiger partial charge in [0.25, 0.3) is 26.0 Å². The highest BCUT2D eigenvalue weighted by molar-refractivity contribution is 7.93. The van der Waals surface area contributed by atoms with Crippen molar-refractivity contribution in [1.82, 2.24) is 0 Å². The number of sulfonamides is 2. The van der Waals surface area contributed by atoms with Crippen molar-refractivity contribution in [1.29, 1.82) is 0 Å². The van der Waals surface area contributed by atoms with Gasteiger partial charge in [0.05, 0.1) is 31.2 Å². The standard InChI is InChI=1S/C28H25Cl2N3O5S2/c1-17-7-14-24(19(3)15-17)32-40(37,38)26-16-20(9-8-18(26)2)28(34)31-21-10-12-22(13-11-21)39(35,36)33-25-6-4-5-23(29)27(25)30/h4-16,32-33H,1-3H3,(H,31,34). The summed E-state index contributed by atoms with van der Waals surface area (Å²) < 4.78 is 56.9. The van der Waals surface area contributed by atoms with Crippen LogP contribution in [-0.2, 0) is 20.0 Å². The fraction of sp³-hybridized carbons (Fsp3) is 0.107. The second kappa shape index (κ2) is 11.5. The monoisotopic (exact) mass is 617 g/mol. The van der Waals surface area contributed by atoms with E-state index in [-0.39, 0.29) is 31.1 Å². The molecule has 40 heavy (non-hydrogen) atoms. The summed E-state index contributed by atoms with van der Waals surface area (Å²) >= 11 is 12.0. The zero-order valence-electron chi connectivity index (χ0n) is 21.6. The van der Waals surface area contributed by atoms with E-state index >= 15 is 0 Å². The number of halogens is 2. The first kappa shape index (κ1) is 29.4. The van der Waals surface area contributed by atoms with Gasteiger partial charge in [-0.25, -0.2) is 16.8 Å². The van der Waals surface area contributed by atoms with Crippen LogP contribution in [0.25, 0.3) is 0 Å². The van der Waals surface area contributed by atoms with E-state index in [9.17, 15) is 21.6 Å². The first-order chi connectivity index (χ1) is 18.8. The summed E-state index contributed by atoms with van der Waals surface area (Å²) in [5, 5.41) is 2.93. The molecule has 8 nitrogen and oxygen atoms in total. The molecule has 0 radical (unpaired) electrons. The zero-order chi connectivity index (χ0) is 29.2. The number of hydrogen-bond acceptors (Lipinski definition) is 5. The average Bonchev–Trinajstić information content (AvgIpc) is 2.89. The molecule has 0 saturated heterocycles. The van der Waals surface area contributed by atoms with E-state index in [1.165, 1.54) is 48.5 Å². The number of amides is 1. The third kappa shape index (κ3) is 6.59. The number of rotatable bonds is 8. The van der Waals surface area contributed by atoms with Gasteiger partial charge in [0.1, 0.15) is 0 Å². The van der Waals surface area contributed by atoms with E-state index in [4.69, 9.17) is 23.2 Å². The summed E-state index contributed by atoms with van der Waals surface area (Å²) in [5.41, 5.74) is 3.24. The van der Waals surface area contributed by atoms with Gasteiger partial charge in [-0.2, -0.15) is 0 Å². The fourth-order valence-electron chi connectivity index (χ4n) is 3.87. The Labute approximate surface area is 243 Å². The van der Waals surface area contributed by atoms with Crippen molar-refractivity contribution in [3.8, 4) is 0 Å². The molecule has 0 heterocycles. The topological polar surface area (TPSA) is 121 Å². The molecule has 0 spiro atoms. The van der Waals surface area contributed by atoms with Gasteiger partial charge >= 0.3 is 0 Å². The smallest absolute Gasteiger partial charge is 0.262 e. The van der Waals surface area contributed by atoms with Crippen LogP contribution in [0.3, 0.4) is 0 Å². The molecular formula is C28H25Cl2N3O5S2. The largest absolute Gasteiger partial charge is 0.322 e. The van der Waals surface area contributed by atoms with Crippen LogP contribution in [0.15, 0.2) is 88.7 Å². The second-order valence-corrected chi connectivity index (χ2v) is 13.2. The Morgan fingerprint density at radius 2 is 1.38 bits per heavy atom. The van der Waals surface area contributed by atoms with Crippen molar-refractivity contribution >= 4 is 66.2 Å². The summed E-state index contributed by atoms with van der Waals surface area (Å²) in [6.45, 7) is 5.36. The molecule has 1 amide bonds. The Balaban J connectivity index is 1.51. The van der Waals surface area contributed by atoms with Crippen LogP contribution in [-0.4, -0.2) is 22.7 Å². The van der Waals surface area contributed by atoms with Crippen LogP contribution >= 0.6 is 23.2 Å². The quantitative estimate of drug-likeness (QED) is 0.201. The summed E-state index contributed by atoms with van der Waals surface area (Å²) in [5.74, 6) is -0.567. The lowest BCUT2D eigenvalue weighted by molar-refractivity contribution is 0.102. The van der Waals surface area contributed by atoms with E-state index in [0.717, 1.165) is 11.1 Å². The molecule has 3 N–H and O–H groups in total. The van der Waals surface area contributed by atoms with Crippen molar-refractivity contribution in [2.24, 2.45) is 0 Å². The number of benzene rings is 4. The van der Waals surface area contributed by atoms with Crippen LogP contribution in [0.5, 0.6) is 0 Å². The predicted octanol–water partition coefficient (Wildman–Crippen LogP) is 6.77. The normalized spacial score (nSPS) is 11.6. The molecule has 0 aliphatic carbocycles. The van der Waals surface area contributed by atoms with Gasteiger partial charge in [-0.1, -0.05) is 53.0 Å². The minimum absolute atomic E-state index is 0.0349. The molecular weight excluding hydrogens is 593 g/mol. The lowest BCUT2D eigenvalue weighted by Gasteiger charge is -2.14. The fourth-order valence-corrected chi connectivity index (χ4v) is 6.74. The highest BCUT2D eigenvalue weighted by Gasteiger charge is 2.21. The third-order valence-corrected chi connectivity index (χ3v) is 9.69. The first-order valence-corrected chi connectivity index (χ1v) is 15.6. The predicted molar refractivity (Wildman–Crippen MR) is 160 cm³/mol. The molecule has 0 aliphatic rings. The van der Waals surface area contributed by atoms with Gasteiger partial charge in [0, 0.05) is 11.3 Å². The van der Waals surface area contributed by atoms with Crippen molar-refractivity contribution in [3.63, 3.8) is 0 Å². The number of nitrogens with one attached hydrogen (secondary N) is 3. The van der Waals surface area contributed by atoms with Crippen LogP contribution in [0.4, 0.5) is 17.1 Å². The minimum Gasteiger partial charge on any atom is -0.322 e. The number of anilines is 3. The molecule has 0 atom stereocenters. The maximum Gasteiger partial charge on any atom is 0.262 e. The zero-order valence-corrected chi connectivity index (χ0v) is 24.8. The Morgan fingerprint density at radius 1 is 0.700 bits per heavy atom. The molecule has 12 heteroatoms. The summed E-state index contributed by atoms with van der Waals surface area (Å²) in [7, 11) is -7.97. The van der Waals surface area contributed by atoms with E-state index in [1.54, 1.807) is 38.1 Å². The molecule has 4 aromatic carbocycles. The Hall–Kier alpha value is -3.57. The van der Waals surface area contributed by atoms with Crippen LogP contribution in [0.1, 0.15) is 27.0 Å². The van der Waals surface area contributed by atoms with E-state index < -0.39 is 26.0 Å². The molecule has 0 bridgehead atoms. The molecule has 0 saturated carbocycles. The number of carbonyl (C=O) groups is 1. The van der Waals surface area contributed by atoms with Gasteiger partial charge in [0.2, 0.25) is 0 Å². The SMILES string of the molecule is Cc1ccc(NS(=O)(=O)c2cc(C(=O)Nc3ccc(S(=O)(=O)Nc4cccc(Cl)c4Cl)cc3)ccc2C)c(C)c1. The van der Waals surface area contributed by atoms with Crippen LogP contribution in [0, 0.1) is 20.8 Å². The van der Waals surface area contributed by atoms with Crippen LogP contribution in [0.2, 0.25) is 10.0 Å². The van der Waals surface area contributed by atoms with Gasteiger partial charge in [-0.3, -0.25) is 14.2 Å². The molecule has 0 unspecified atom stereocenters. The lowest BCUT2D eigenvalue weighted by Crippen LogP contribution is -2.18. The molecule has 208 valence electrons. The highest BCUT2D eigenvalue weighted by atomic mass is 35.5. The van der Waals surface area contributed by atoms with Gasteiger partial charge < -0.3 is 5.32 Å². The van der Waals surface area contributed by atoms with E-state index in [0.29, 0.717) is 16.9 Å². The summed E-state index contributed by atoms with van der Waals surface area (Å²) in [4.78, 5) is 12.9. The second-order valence-electron chi connectivity index (χ2n) is 9.09. The number of aryl methyl sites for hydroxylation is 3. The Kier molecular flexibility index (Phi) is 8.46. The maximum atomic E-state index is 13.2. The summed E-state index contributed by atoms with van der Waals surface area (Å²) in [6.07, 6.45) is 0. The van der Waals surface area contributed by atoms with Gasteiger partial charge in [0.15, 0.2) is 0 Å². The Morgan fingerprint density at radius 3 is 2.05 bits per heavy atom. The first-order valence-electron chi connectivity index (χ1n) is 11.9. The van der Waals surface area contributed by atoms with E-state index in [2.05, 4.69) is 14.8 Å². The van der Waals surface area contributed by atoms with Gasteiger partial charge in [-0.15, -0.1) is 0 Å². The van der Waals surface area contributed by atoms with Gasteiger partial charge in [-0.05, 0) is 86.5 Å². The van der Waals surface area contributed by atoms with Crippen molar-refractivity contribution in [2.75, 3.05) is 14.8 Å². The van der Waals surface area contributed by atoms with Crippen molar-refractivity contribution < 1.29 is 21.6 Å².